The molecule has 2 aromatic carbocycles. The monoisotopic (exact) mass is 256 g/mol. The molecule has 0 bridgehead atoms. The first-order valence-electron chi connectivity index (χ1n) is 5.92. The molecule has 19 heavy (non-hydrogen) atoms. The van der Waals surface area contributed by atoms with Crippen molar-refractivity contribution in [3.05, 3.63) is 53.8 Å². The summed E-state index contributed by atoms with van der Waals surface area (Å²) in [6, 6.07) is 13.0. The van der Waals surface area contributed by atoms with E-state index in [4.69, 9.17) is 5.26 Å². The maximum Gasteiger partial charge on any atom is 0.143 e. The van der Waals surface area contributed by atoms with Gasteiger partial charge < -0.3 is 10.0 Å². The van der Waals surface area contributed by atoms with Crippen LogP contribution < -0.4 is 4.90 Å². The molecule has 2 aromatic rings. The first-order chi connectivity index (χ1) is 9.15. The summed E-state index contributed by atoms with van der Waals surface area (Å²) in [6.07, 6.45) is 0. The molecule has 0 aliphatic rings. The quantitative estimate of drug-likeness (QED) is 0.913. The molecule has 0 saturated heterocycles. The van der Waals surface area contributed by atoms with E-state index < -0.39 is 5.82 Å². The highest BCUT2D eigenvalue weighted by molar-refractivity contribution is 5.65. The van der Waals surface area contributed by atoms with Crippen LogP contribution in [0.15, 0.2) is 42.5 Å². The van der Waals surface area contributed by atoms with Crippen LogP contribution in [0.5, 0.6) is 5.75 Å². The largest absolute Gasteiger partial charge is 0.508 e. The zero-order chi connectivity index (χ0) is 13.8. The molecule has 0 atom stereocenters. The first-order valence-corrected chi connectivity index (χ1v) is 5.92. The molecule has 1 N–H and O–H groups in total. The third kappa shape index (κ3) is 2.66. The van der Waals surface area contributed by atoms with Crippen molar-refractivity contribution in [2.24, 2.45) is 0 Å². The van der Waals surface area contributed by atoms with E-state index in [1.807, 2.05) is 17.9 Å². The second kappa shape index (κ2) is 5.40. The van der Waals surface area contributed by atoms with E-state index in [2.05, 4.69) is 0 Å². The number of hydrogen-bond donors (Lipinski definition) is 1. The van der Waals surface area contributed by atoms with Crippen molar-refractivity contribution in [2.75, 3.05) is 11.4 Å². The summed E-state index contributed by atoms with van der Waals surface area (Å²) in [6.45, 7) is 2.55. The van der Waals surface area contributed by atoms with Crippen molar-refractivity contribution >= 4 is 11.4 Å². The molecule has 0 unspecified atom stereocenters. The Kier molecular flexibility index (Phi) is 3.67. The number of phenolic OH excluding ortho intramolecular Hbond substituents is 1. The lowest BCUT2D eigenvalue weighted by Gasteiger charge is -2.23. The minimum atomic E-state index is -0.543. The predicted molar refractivity (Wildman–Crippen MR) is 71.9 cm³/mol. The standard InChI is InChI=1S/C15H13FN2O/c1-2-18(12-4-3-5-14(19)8-12)13-7-6-11(10-17)15(16)9-13/h3-9,19H,2H2,1H3. The summed E-state index contributed by atoms with van der Waals surface area (Å²) < 4.78 is 13.6. The van der Waals surface area contributed by atoms with E-state index in [1.54, 1.807) is 30.3 Å². The number of halogens is 1. The molecule has 3 nitrogen and oxygen atoms in total. The fraction of sp³-hybridized carbons (Fsp3) is 0.133. The topological polar surface area (TPSA) is 47.3 Å². The van der Waals surface area contributed by atoms with Gasteiger partial charge in [0.25, 0.3) is 0 Å². The number of hydrogen-bond acceptors (Lipinski definition) is 3. The molecule has 96 valence electrons. The van der Waals surface area contributed by atoms with Gasteiger partial charge in [0.2, 0.25) is 0 Å². The highest BCUT2D eigenvalue weighted by atomic mass is 19.1. The Labute approximate surface area is 111 Å². The van der Waals surface area contributed by atoms with Crippen LogP contribution in [0, 0.1) is 17.1 Å². The smallest absolute Gasteiger partial charge is 0.143 e. The van der Waals surface area contributed by atoms with Crippen LogP contribution in [0.3, 0.4) is 0 Å². The van der Waals surface area contributed by atoms with Crippen LogP contribution in [0.1, 0.15) is 12.5 Å². The van der Waals surface area contributed by atoms with Gasteiger partial charge in [-0.05, 0) is 37.3 Å². The highest BCUT2D eigenvalue weighted by Crippen LogP contribution is 2.28. The number of phenols is 1. The van der Waals surface area contributed by atoms with Gasteiger partial charge in [0.05, 0.1) is 5.56 Å². The van der Waals surface area contributed by atoms with Gasteiger partial charge in [-0.25, -0.2) is 4.39 Å². The minimum Gasteiger partial charge on any atom is -0.508 e. The maximum atomic E-state index is 13.6. The van der Waals surface area contributed by atoms with Gasteiger partial charge in [-0.3, -0.25) is 0 Å². The molecule has 0 radical (unpaired) electrons. The molecule has 0 amide bonds. The molecule has 0 aliphatic carbocycles. The summed E-state index contributed by atoms with van der Waals surface area (Å²) >= 11 is 0. The molecular weight excluding hydrogens is 243 g/mol. The predicted octanol–water partition coefficient (Wildman–Crippen LogP) is 3.56. The van der Waals surface area contributed by atoms with E-state index in [-0.39, 0.29) is 11.3 Å². The molecule has 0 fully saturated rings. The van der Waals surface area contributed by atoms with Crippen LogP contribution >= 0.6 is 0 Å². The van der Waals surface area contributed by atoms with Gasteiger partial charge in [0.1, 0.15) is 17.6 Å². The van der Waals surface area contributed by atoms with Crippen molar-refractivity contribution in [1.29, 1.82) is 5.26 Å². The number of benzene rings is 2. The summed E-state index contributed by atoms with van der Waals surface area (Å²) in [5, 5.41) is 18.2. The average molecular weight is 256 g/mol. The van der Waals surface area contributed by atoms with Gasteiger partial charge in [-0.1, -0.05) is 6.07 Å². The highest BCUT2D eigenvalue weighted by Gasteiger charge is 2.10. The number of nitrogens with zero attached hydrogens (tertiary/aromatic N) is 2. The van der Waals surface area contributed by atoms with E-state index in [0.29, 0.717) is 12.2 Å². The molecule has 0 heterocycles. The van der Waals surface area contributed by atoms with Crippen LogP contribution in [0.2, 0.25) is 0 Å². The Morgan fingerprint density at radius 1 is 1.21 bits per heavy atom. The summed E-state index contributed by atoms with van der Waals surface area (Å²) in [5.74, 6) is -0.385. The average Bonchev–Trinajstić information content (AvgIpc) is 2.40. The normalized spacial score (nSPS) is 9.95. The minimum absolute atomic E-state index is 0.0238. The SMILES string of the molecule is CCN(c1cccc(O)c1)c1ccc(C#N)c(F)c1. The second-order valence-corrected chi connectivity index (χ2v) is 4.04. The van der Waals surface area contributed by atoms with Gasteiger partial charge >= 0.3 is 0 Å². The van der Waals surface area contributed by atoms with Gasteiger partial charge in [-0.15, -0.1) is 0 Å². The molecule has 0 aromatic heterocycles. The number of nitriles is 1. The van der Waals surface area contributed by atoms with E-state index in [1.165, 1.54) is 12.1 Å². The van der Waals surface area contributed by atoms with Crippen molar-refractivity contribution < 1.29 is 9.50 Å². The van der Waals surface area contributed by atoms with Crippen molar-refractivity contribution in [3.8, 4) is 11.8 Å². The van der Waals surface area contributed by atoms with E-state index in [9.17, 15) is 9.50 Å². The van der Waals surface area contributed by atoms with Crippen molar-refractivity contribution in [2.45, 2.75) is 6.92 Å². The van der Waals surface area contributed by atoms with E-state index >= 15 is 0 Å². The Bertz CT molecular complexity index is 634. The van der Waals surface area contributed by atoms with Crippen LogP contribution in [0.25, 0.3) is 0 Å². The first kappa shape index (κ1) is 12.9. The number of aromatic hydroxyl groups is 1. The zero-order valence-corrected chi connectivity index (χ0v) is 10.5. The Morgan fingerprint density at radius 2 is 1.95 bits per heavy atom. The molecule has 4 heteroatoms. The van der Waals surface area contributed by atoms with Crippen LogP contribution in [0.4, 0.5) is 15.8 Å². The molecule has 0 saturated carbocycles. The lowest BCUT2D eigenvalue weighted by atomic mass is 10.1. The Hall–Kier alpha value is -2.54. The summed E-state index contributed by atoms with van der Waals surface area (Å²) in [7, 11) is 0. The third-order valence-electron chi connectivity index (χ3n) is 2.84. The number of rotatable bonds is 3. The lowest BCUT2D eigenvalue weighted by molar-refractivity contribution is 0.475. The van der Waals surface area contributed by atoms with Crippen LogP contribution in [-0.4, -0.2) is 11.7 Å². The third-order valence-corrected chi connectivity index (χ3v) is 2.84. The molecule has 2 rings (SSSR count). The molecule has 0 spiro atoms. The van der Waals surface area contributed by atoms with Crippen molar-refractivity contribution in [3.63, 3.8) is 0 Å². The fourth-order valence-corrected chi connectivity index (χ4v) is 1.94. The second-order valence-electron chi connectivity index (χ2n) is 4.04. The maximum absolute atomic E-state index is 13.6. The number of anilines is 2. The fourth-order valence-electron chi connectivity index (χ4n) is 1.94. The summed E-state index contributed by atoms with van der Waals surface area (Å²) in [4.78, 5) is 1.85. The lowest BCUT2D eigenvalue weighted by Crippen LogP contribution is -2.16. The zero-order valence-electron chi connectivity index (χ0n) is 10.5. The molecule has 0 aliphatic heterocycles. The van der Waals surface area contributed by atoms with Crippen molar-refractivity contribution in [1.82, 2.24) is 0 Å². The van der Waals surface area contributed by atoms with Gasteiger partial charge in [0, 0.05) is 24.0 Å². The van der Waals surface area contributed by atoms with E-state index in [0.717, 1.165) is 5.69 Å². The Morgan fingerprint density at radius 3 is 2.53 bits per heavy atom. The summed E-state index contributed by atoms with van der Waals surface area (Å²) in [5.41, 5.74) is 1.44. The molecular formula is C15H13FN2O. The van der Waals surface area contributed by atoms with Gasteiger partial charge in [0.15, 0.2) is 0 Å². The Balaban J connectivity index is 2.43. The van der Waals surface area contributed by atoms with Gasteiger partial charge in [-0.2, -0.15) is 5.26 Å². The van der Waals surface area contributed by atoms with Crippen LogP contribution in [-0.2, 0) is 0 Å².